The molecule has 0 aromatic carbocycles. The fourth-order valence-electron chi connectivity index (χ4n) is 2.95. The number of ether oxygens (including phenoxy) is 1. The highest BCUT2D eigenvalue weighted by Gasteiger charge is 2.21. The van der Waals surface area contributed by atoms with Crippen LogP contribution in [0.3, 0.4) is 0 Å². The van der Waals surface area contributed by atoms with Gasteiger partial charge in [0, 0.05) is 40.3 Å². The van der Waals surface area contributed by atoms with Crippen molar-refractivity contribution < 1.29 is 9.53 Å². The van der Waals surface area contributed by atoms with Gasteiger partial charge in [-0.05, 0) is 38.0 Å². The second-order valence-corrected chi connectivity index (χ2v) is 6.97. The van der Waals surface area contributed by atoms with E-state index in [1.54, 1.807) is 19.0 Å². The van der Waals surface area contributed by atoms with Crippen molar-refractivity contribution in [2.75, 3.05) is 46.9 Å². The summed E-state index contributed by atoms with van der Waals surface area (Å²) >= 11 is 0. The van der Waals surface area contributed by atoms with Gasteiger partial charge in [-0.15, -0.1) is 24.0 Å². The Morgan fingerprint density at radius 1 is 1.25 bits per heavy atom. The van der Waals surface area contributed by atoms with Gasteiger partial charge in [-0.1, -0.05) is 6.92 Å². The number of halogens is 1. The first kappa shape index (κ1) is 21.5. The normalized spacial score (nSPS) is 22.7. The molecule has 1 N–H and O–H groups in total. The van der Waals surface area contributed by atoms with Crippen molar-refractivity contribution >= 4 is 35.8 Å². The van der Waals surface area contributed by atoms with Crippen LogP contribution < -0.4 is 5.32 Å². The maximum atomic E-state index is 11.8. The van der Waals surface area contributed by atoms with Crippen molar-refractivity contribution in [3.8, 4) is 0 Å². The molecule has 2 saturated heterocycles. The highest BCUT2D eigenvalue weighted by molar-refractivity contribution is 14.0. The summed E-state index contributed by atoms with van der Waals surface area (Å²) in [4.78, 5) is 20.3. The molecule has 0 saturated carbocycles. The predicted octanol–water partition coefficient (Wildman–Crippen LogP) is 1.94. The number of nitrogens with one attached hydrogen (secondary N) is 1. The Morgan fingerprint density at radius 3 is 2.54 bits per heavy atom. The van der Waals surface area contributed by atoms with Crippen LogP contribution in [0.25, 0.3) is 0 Å². The molecule has 7 heteroatoms. The Kier molecular flexibility index (Phi) is 9.95. The molecule has 2 fully saturated rings. The molecule has 1 unspecified atom stereocenters. The quantitative estimate of drug-likeness (QED) is 0.403. The molecule has 2 aliphatic heterocycles. The summed E-state index contributed by atoms with van der Waals surface area (Å²) < 4.78 is 5.79. The van der Waals surface area contributed by atoms with Crippen molar-refractivity contribution in [1.29, 1.82) is 0 Å². The summed E-state index contributed by atoms with van der Waals surface area (Å²) in [6, 6.07) is 0. The summed E-state index contributed by atoms with van der Waals surface area (Å²) in [5.41, 5.74) is 0. The third-order valence-electron chi connectivity index (χ3n) is 4.71. The van der Waals surface area contributed by atoms with Crippen molar-refractivity contribution in [3.63, 3.8) is 0 Å². The molecular formula is C17H33IN4O2. The molecular weight excluding hydrogens is 419 g/mol. The van der Waals surface area contributed by atoms with Gasteiger partial charge < -0.3 is 19.9 Å². The van der Waals surface area contributed by atoms with E-state index in [1.807, 2.05) is 0 Å². The fraction of sp³-hybridized carbons (Fsp3) is 0.882. The van der Waals surface area contributed by atoms with Crippen LogP contribution in [0.4, 0.5) is 0 Å². The number of rotatable bonds is 4. The molecule has 0 aromatic rings. The van der Waals surface area contributed by atoms with E-state index in [2.05, 4.69) is 22.1 Å². The summed E-state index contributed by atoms with van der Waals surface area (Å²) in [6.07, 6.45) is 6.14. The molecule has 0 spiro atoms. The van der Waals surface area contributed by atoms with Crippen LogP contribution in [0.5, 0.6) is 0 Å². The number of carbonyl (C=O) groups excluding carboxylic acids is 1. The first-order valence-corrected chi connectivity index (χ1v) is 8.91. The lowest BCUT2D eigenvalue weighted by Crippen LogP contribution is -2.48. The van der Waals surface area contributed by atoms with Gasteiger partial charge in [-0.25, -0.2) is 4.99 Å². The first-order valence-electron chi connectivity index (χ1n) is 8.91. The number of piperidine rings is 1. The van der Waals surface area contributed by atoms with Crippen LogP contribution >= 0.6 is 24.0 Å². The maximum absolute atomic E-state index is 11.8. The average molecular weight is 452 g/mol. The van der Waals surface area contributed by atoms with Crippen molar-refractivity contribution in [1.82, 2.24) is 15.1 Å². The number of amides is 1. The molecule has 0 bridgehead atoms. The van der Waals surface area contributed by atoms with Gasteiger partial charge in [-0.3, -0.25) is 4.79 Å². The Bertz CT molecular complexity index is 403. The Balaban J connectivity index is 0.00000288. The summed E-state index contributed by atoms with van der Waals surface area (Å²) in [6.45, 7) is 6.16. The highest BCUT2D eigenvalue weighted by Crippen LogP contribution is 2.16. The van der Waals surface area contributed by atoms with Gasteiger partial charge in [0.05, 0.1) is 6.10 Å². The van der Waals surface area contributed by atoms with E-state index in [-0.39, 0.29) is 42.5 Å². The number of likely N-dealkylation sites (tertiary alicyclic amines) is 1. The Morgan fingerprint density at radius 2 is 1.96 bits per heavy atom. The number of guanidine groups is 1. The summed E-state index contributed by atoms with van der Waals surface area (Å²) in [5, 5.41) is 3.45. The standard InChI is InChI=1S/C17H32N4O2.HI/c1-14-7-9-21(10-8-14)17(19-13-16(22)20(2)3)18-12-15-6-4-5-11-23-15;/h14-15H,4-13H2,1-3H3,(H,18,19);1H. The summed E-state index contributed by atoms with van der Waals surface area (Å²) in [7, 11) is 3.53. The zero-order chi connectivity index (χ0) is 16.7. The van der Waals surface area contributed by atoms with E-state index < -0.39 is 0 Å². The monoisotopic (exact) mass is 452 g/mol. The molecule has 0 radical (unpaired) electrons. The SMILES string of the molecule is CC1CCN(C(=NCC(=O)N(C)C)NCC2CCCCO2)CC1.I. The van der Waals surface area contributed by atoms with E-state index in [0.717, 1.165) is 44.5 Å². The minimum Gasteiger partial charge on any atom is -0.376 e. The van der Waals surface area contributed by atoms with E-state index in [1.165, 1.54) is 25.7 Å². The van der Waals surface area contributed by atoms with Crippen LogP contribution in [0, 0.1) is 5.92 Å². The molecule has 2 aliphatic rings. The Labute approximate surface area is 163 Å². The van der Waals surface area contributed by atoms with E-state index in [4.69, 9.17) is 4.74 Å². The van der Waals surface area contributed by atoms with Crippen LogP contribution in [0.2, 0.25) is 0 Å². The van der Waals surface area contributed by atoms with Crippen molar-refractivity contribution in [3.05, 3.63) is 0 Å². The molecule has 0 aliphatic carbocycles. The number of aliphatic imine (C=N–C) groups is 1. The molecule has 0 aromatic heterocycles. The van der Waals surface area contributed by atoms with E-state index in [9.17, 15) is 4.79 Å². The predicted molar refractivity (Wildman–Crippen MR) is 108 cm³/mol. The largest absolute Gasteiger partial charge is 0.376 e. The van der Waals surface area contributed by atoms with E-state index in [0.29, 0.717) is 0 Å². The smallest absolute Gasteiger partial charge is 0.243 e. The molecule has 2 rings (SSSR count). The molecule has 24 heavy (non-hydrogen) atoms. The van der Waals surface area contributed by atoms with Gasteiger partial charge in [0.25, 0.3) is 0 Å². The number of carbonyl (C=O) groups is 1. The summed E-state index contributed by atoms with van der Waals surface area (Å²) in [5.74, 6) is 1.67. The number of hydrogen-bond donors (Lipinski definition) is 1. The highest BCUT2D eigenvalue weighted by atomic mass is 127. The van der Waals surface area contributed by atoms with Gasteiger partial charge >= 0.3 is 0 Å². The molecule has 140 valence electrons. The lowest BCUT2D eigenvalue weighted by molar-refractivity contribution is -0.127. The van der Waals surface area contributed by atoms with Gasteiger partial charge in [0.15, 0.2) is 5.96 Å². The van der Waals surface area contributed by atoms with Crippen LogP contribution in [-0.4, -0.2) is 74.7 Å². The fourth-order valence-corrected chi connectivity index (χ4v) is 2.95. The third-order valence-corrected chi connectivity index (χ3v) is 4.71. The van der Waals surface area contributed by atoms with Crippen LogP contribution in [-0.2, 0) is 9.53 Å². The van der Waals surface area contributed by atoms with Gasteiger partial charge in [0.1, 0.15) is 6.54 Å². The average Bonchev–Trinajstić information content (AvgIpc) is 2.56. The lowest BCUT2D eigenvalue weighted by atomic mass is 9.99. The minimum atomic E-state index is 0. The van der Waals surface area contributed by atoms with Crippen molar-refractivity contribution in [2.24, 2.45) is 10.9 Å². The second kappa shape index (κ2) is 11.1. The molecule has 2 heterocycles. The number of likely N-dealkylation sites (N-methyl/N-ethyl adjacent to an activating group) is 1. The van der Waals surface area contributed by atoms with Crippen LogP contribution in [0.1, 0.15) is 39.0 Å². The van der Waals surface area contributed by atoms with E-state index >= 15 is 0 Å². The lowest BCUT2D eigenvalue weighted by Gasteiger charge is -2.34. The first-order chi connectivity index (χ1) is 11.1. The Hall–Kier alpha value is -0.570. The molecule has 1 atom stereocenters. The zero-order valence-corrected chi connectivity index (χ0v) is 17.6. The number of hydrogen-bond acceptors (Lipinski definition) is 3. The van der Waals surface area contributed by atoms with Crippen molar-refractivity contribution in [2.45, 2.75) is 45.1 Å². The second-order valence-electron chi connectivity index (χ2n) is 6.97. The topological polar surface area (TPSA) is 57.2 Å². The maximum Gasteiger partial charge on any atom is 0.243 e. The zero-order valence-electron chi connectivity index (χ0n) is 15.3. The number of nitrogens with zero attached hydrogens (tertiary/aromatic N) is 3. The van der Waals surface area contributed by atoms with Crippen LogP contribution in [0.15, 0.2) is 4.99 Å². The van der Waals surface area contributed by atoms with Gasteiger partial charge in [0.2, 0.25) is 5.91 Å². The minimum absolute atomic E-state index is 0. The van der Waals surface area contributed by atoms with Gasteiger partial charge in [-0.2, -0.15) is 0 Å². The molecule has 6 nitrogen and oxygen atoms in total. The molecule has 1 amide bonds. The third kappa shape index (κ3) is 7.13.